The molecule has 0 unspecified atom stereocenters. The van der Waals surface area contributed by atoms with E-state index in [9.17, 15) is 0 Å². The van der Waals surface area contributed by atoms with E-state index < -0.39 is 0 Å². The Hall–Kier alpha value is -3.24. The summed E-state index contributed by atoms with van der Waals surface area (Å²) < 4.78 is 19.3. The van der Waals surface area contributed by atoms with E-state index in [1.54, 1.807) is 14.2 Å². The normalized spacial score (nSPS) is 11.8. The number of rotatable bonds is 5. The molecule has 0 aliphatic carbocycles. The third kappa shape index (κ3) is 4.04. The Morgan fingerprint density at radius 2 is 1.58 bits per heavy atom. The topological polar surface area (TPSA) is 31.6 Å². The van der Waals surface area contributed by atoms with Gasteiger partial charge in [-0.15, -0.1) is 0 Å². The highest BCUT2D eigenvalue weighted by atomic mass is 35.5. The van der Waals surface area contributed by atoms with Crippen LogP contribution in [0, 0.1) is 0 Å². The van der Waals surface area contributed by atoms with Gasteiger partial charge in [0, 0.05) is 23.4 Å². The van der Waals surface area contributed by atoms with Crippen LogP contribution in [0.5, 0.6) is 17.2 Å². The first-order valence-corrected chi connectivity index (χ1v) is 10.1. The van der Waals surface area contributed by atoms with Gasteiger partial charge in [0.2, 0.25) is 5.69 Å². The van der Waals surface area contributed by atoms with Crippen molar-refractivity contribution in [1.82, 2.24) is 0 Å². The second-order valence-electron chi connectivity index (χ2n) is 7.53. The van der Waals surface area contributed by atoms with Crippen LogP contribution in [0.1, 0.15) is 11.1 Å². The van der Waals surface area contributed by atoms with E-state index >= 15 is 0 Å². The number of methoxy groups -OCH3 is 2. The Balaban J connectivity index is 0.00000231. The average molecular weight is 434 g/mol. The van der Waals surface area contributed by atoms with E-state index in [1.165, 1.54) is 22.4 Å². The second kappa shape index (κ2) is 8.86. The van der Waals surface area contributed by atoms with Gasteiger partial charge >= 0.3 is 0 Å². The molecule has 0 saturated carbocycles. The number of halogens is 1. The molecule has 1 aromatic heterocycles. The zero-order chi connectivity index (χ0) is 20.5. The van der Waals surface area contributed by atoms with Crippen molar-refractivity contribution in [3.63, 3.8) is 0 Å². The van der Waals surface area contributed by atoms with Crippen LogP contribution in [-0.4, -0.2) is 14.2 Å². The van der Waals surface area contributed by atoms with Crippen molar-refractivity contribution in [3.05, 3.63) is 84.1 Å². The number of hydrogen-bond acceptors (Lipinski definition) is 3. The van der Waals surface area contributed by atoms with Crippen molar-refractivity contribution in [3.8, 4) is 28.5 Å². The maximum atomic E-state index is 6.03. The highest BCUT2D eigenvalue weighted by molar-refractivity contribution is 5.87. The molecule has 0 fully saturated rings. The highest BCUT2D eigenvalue weighted by Crippen LogP contribution is 2.35. The minimum absolute atomic E-state index is 0. The lowest BCUT2D eigenvalue weighted by atomic mass is 9.95. The Kier molecular flexibility index (Phi) is 6.01. The molecule has 2 heterocycles. The third-order valence-corrected chi connectivity index (χ3v) is 5.71. The van der Waals surface area contributed by atoms with E-state index in [-0.39, 0.29) is 12.4 Å². The van der Waals surface area contributed by atoms with Gasteiger partial charge in [-0.05, 0) is 46.8 Å². The molecular formula is C26H24ClNO3. The minimum Gasteiger partial charge on any atom is -1.00 e. The molecule has 5 rings (SSSR count). The summed E-state index contributed by atoms with van der Waals surface area (Å²) in [6, 6.07) is 23.0. The number of fused-ring (bicyclic) bond motifs is 4. The molecule has 0 spiro atoms. The Morgan fingerprint density at radius 3 is 2.32 bits per heavy atom. The molecule has 31 heavy (non-hydrogen) atoms. The number of nitrogens with zero attached hydrogens (tertiary/aromatic N) is 1. The monoisotopic (exact) mass is 433 g/mol. The average Bonchev–Trinajstić information content (AvgIpc) is 2.81. The molecular weight excluding hydrogens is 410 g/mol. The van der Waals surface area contributed by atoms with Crippen molar-refractivity contribution in [2.24, 2.45) is 0 Å². The van der Waals surface area contributed by atoms with Crippen LogP contribution in [-0.2, 0) is 19.6 Å². The van der Waals surface area contributed by atoms with Gasteiger partial charge in [-0.25, -0.2) is 0 Å². The first-order chi connectivity index (χ1) is 14.7. The van der Waals surface area contributed by atoms with Gasteiger partial charge in [0.1, 0.15) is 12.4 Å². The van der Waals surface area contributed by atoms with Crippen molar-refractivity contribution in [1.29, 1.82) is 0 Å². The molecule has 1 aliphatic heterocycles. The molecule has 158 valence electrons. The first-order valence-electron chi connectivity index (χ1n) is 10.1. The van der Waals surface area contributed by atoms with E-state index in [2.05, 4.69) is 47.2 Å². The molecule has 1 aliphatic rings. The van der Waals surface area contributed by atoms with Crippen LogP contribution in [0.25, 0.3) is 22.0 Å². The molecule has 0 atom stereocenters. The predicted molar refractivity (Wildman–Crippen MR) is 117 cm³/mol. The first kappa shape index (κ1) is 21.0. The summed E-state index contributed by atoms with van der Waals surface area (Å²) in [4.78, 5) is 0. The van der Waals surface area contributed by atoms with E-state index in [4.69, 9.17) is 14.2 Å². The van der Waals surface area contributed by atoms with Crippen molar-refractivity contribution in [2.45, 2.75) is 19.6 Å². The van der Waals surface area contributed by atoms with E-state index in [0.29, 0.717) is 6.61 Å². The quantitative estimate of drug-likeness (QED) is 0.451. The minimum atomic E-state index is 0. The van der Waals surface area contributed by atoms with E-state index in [0.717, 1.165) is 41.0 Å². The van der Waals surface area contributed by atoms with Gasteiger partial charge in [0.15, 0.2) is 24.2 Å². The van der Waals surface area contributed by atoms with Crippen LogP contribution >= 0.6 is 0 Å². The third-order valence-electron chi connectivity index (χ3n) is 5.71. The summed E-state index contributed by atoms with van der Waals surface area (Å²) in [6.07, 6.45) is 3.18. The number of ether oxygens (including phenoxy) is 3. The molecule has 0 radical (unpaired) electrons. The highest BCUT2D eigenvalue weighted by Gasteiger charge is 2.24. The molecule has 0 bridgehead atoms. The fraction of sp³-hybridized carbons (Fsp3) is 0.192. The van der Waals surface area contributed by atoms with Gasteiger partial charge in [0.05, 0.1) is 14.2 Å². The second-order valence-corrected chi connectivity index (χ2v) is 7.53. The number of aryl methyl sites for hydroxylation is 2. The summed E-state index contributed by atoms with van der Waals surface area (Å²) in [5, 5.41) is 2.28. The van der Waals surface area contributed by atoms with Gasteiger partial charge in [0.25, 0.3) is 0 Å². The Labute approximate surface area is 188 Å². The lowest BCUT2D eigenvalue weighted by Gasteiger charge is -2.17. The summed E-state index contributed by atoms with van der Waals surface area (Å²) in [6.45, 7) is 1.52. The van der Waals surface area contributed by atoms with Crippen LogP contribution in [0.3, 0.4) is 0 Å². The van der Waals surface area contributed by atoms with Gasteiger partial charge in [-0.3, -0.25) is 0 Å². The van der Waals surface area contributed by atoms with Gasteiger partial charge in [-0.1, -0.05) is 30.3 Å². The lowest BCUT2D eigenvalue weighted by molar-refractivity contribution is -0.686. The van der Waals surface area contributed by atoms with Gasteiger partial charge in [-0.2, -0.15) is 4.57 Å². The zero-order valence-electron chi connectivity index (χ0n) is 17.6. The van der Waals surface area contributed by atoms with E-state index in [1.807, 2.05) is 30.3 Å². The number of benzene rings is 3. The maximum absolute atomic E-state index is 6.03. The smallest absolute Gasteiger partial charge is 0.213 e. The molecule has 5 heteroatoms. The summed E-state index contributed by atoms with van der Waals surface area (Å²) in [5.74, 6) is 2.41. The van der Waals surface area contributed by atoms with Crippen molar-refractivity contribution < 1.29 is 31.2 Å². The maximum Gasteiger partial charge on any atom is 0.213 e. The molecule has 0 N–H and O–H groups in total. The van der Waals surface area contributed by atoms with Gasteiger partial charge < -0.3 is 26.6 Å². The van der Waals surface area contributed by atoms with Crippen LogP contribution in [0.4, 0.5) is 0 Å². The number of pyridine rings is 1. The van der Waals surface area contributed by atoms with Crippen molar-refractivity contribution >= 4 is 10.8 Å². The van der Waals surface area contributed by atoms with Crippen molar-refractivity contribution in [2.75, 3.05) is 14.2 Å². The predicted octanol–water partition coefficient (Wildman–Crippen LogP) is 1.95. The Morgan fingerprint density at radius 1 is 0.839 bits per heavy atom. The lowest BCUT2D eigenvalue weighted by Crippen LogP contribution is -3.00. The molecule has 4 nitrogen and oxygen atoms in total. The SMILES string of the molecule is COc1cc2cc3[n+](cc2cc1OC)CCc1cc(OCc2ccccc2)ccc1-3.[Cl-]. The number of aromatic nitrogens is 1. The summed E-state index contributed by atoms with van der Waals surface area (Å²) in [7, 11) is 3.34. The molecule has 4 aromatic rings. The standard InChI is InChI=1S/C26H24NO3.ClH/c1-28-25-14-20-13-24-23-9-8-22(30-17-18-6-4-3-5-7-18)12-19(23)10-11-27(24)16-21(20)15-26(25)29-2;/h3-9,12-16H,10-11,17H2,1-2H3;1H/q+1;/p-1. The molecule has 0 amide bonds. The zero-order valence-corrected chi connectivity index (χ0v) is 18.4. The summed E-state index contributed by atoms with van der Waals surface area (Å²) >= 11 is 0. The molecule has 0 saturated heterocycles. The Bertz CT molecular complexity index is 1220. The number of hydrogen-bond donors (Lipinski definition) is 0. The van der Waals surface area contributed by atoms with Crippen LogP contribution in [0.2, 0.25) is 0 Å². The van der Waals surface area contributed by atoms with Crippen LogP contribution < -0.4 is 31.2 Å². The largest absolute Gasteiger partial charge is 1.00 e. The fourth-order valence-corrected chi connectivity index (χ4v) is 4.13. The summed E-state index contributed by atoms with van der Waals surface area (Å²) in [5.41, 5.74) is 4.96. The molecule has 3 aromatic carbocycles. The van der Waals surface area contributed by atoms with Crippen LogP contribution in [0.15, 0.2) is 72.9 Å². The fourth-order valence-electron chi connectivity index (χ4n) is 4.13.